The van der Waals surface area contributed by atoms with Crippen molar-refractivity contribution in [3.05, 3.63) is 11.6 Å². The van der Waals surface area contributed by atoms with Crippen LogP contribution < -0.4 is 0 Å². The molecule has 4 heteroatoms. The molecule has 0 aromatic rings. The molecule has 0 saturated heterocycles. The van der Waals surface area contributed by atoms with Crippen molar-refractivity contribution < 1.29 is 9.26 Å². The number of oxime groups is 1. The van der Waals surface area contributed by atoms with Gasteiger partial charge in [-0.2, -0.15) is 0 Å². The fraction of sp³-hybridized carbons (Fsp3) is 0.875. The lowest BCUT2D eigenvalue weighted by Crippen LogP contribution is -2.56. The van der Waals surface area contributed by atoms with Gasteiger partial charge in [-0.1, -0.05) is 24.6 Å². The average molecular weight is 404 g/mol. The van der Waals surface area contributed by atoms with Crippen LogP contribution in [0.1, 0.15) is 71.6 Å². The maximum Gasteiger partial charge on any atom is 0.184 e. The van der Waals surface area contributed by atoms with Gasteiger partial charge in [-0.25, -0.2) is 0 Å². The summed E-state index contributed by atoms with van der Waals surface area (Å²) in [7, 11) is 0.105. The summed E-state index contributed by atoms with van der Waals surface area (Å²) in [6.07, 6.45) is 14.0. The minimum atomic E-state index is -1.56. The van der Waals surface area contributed by atoms with Crippen LogP contribution >= 0.6 is 0 Å². The number of rotatable bonds is 4. The first-order valence-electron chi connectivity index (χ1n) is 11.7. The molecule has 0 radical (unpaired) electrons. The summed E-state index contributed by atoms with van der Waals surface area (Å²) in [5.74, 6) is 3.45. The van der Waals surface area contributed by atoms with Gasteiger partial charge in [0.15, 0.2) is 8.32 Å². The molecule has 3 fully saturated rings. The van der Waals surface area contributed by atoms with E-state index in [0.29, 0.717) is 5.41 Å². The summed E-state index contributed by atoms with van der Waals surface area (Å²) >= 11 is 0. The Morgan fingerprint density at radius 3 is 2.54 bits per heavy atom. The minimum Gasteiger partial charge on any atom is -0.412 e. The van der Waals surface area contributed by atoms with Crippen LogP contribution in [0.25, 0.3) is 0 Å². The molecule has 4 rings (SSSR count). The predicted molar refractivity (Wildman–Crippen MR) is 119 cm³/mol. The normalized spacial score (nSPS) is 44.5. The van der Waals surface area contributed by atoms with E-state index in [1.807, 2.05) is 0 Å². The van der Waals surface area contributed by atoms with Crippen LogP contribution in [-0.4, -0.2) is 26.7 Å². The van der Waals surface area contributed by atoms with Crippen molar-refractivity contribution in [2.75, 3.05) is 7.11 Å². The Balaban J connectivity index is 1.59. The first-order chi connectivity index (χ1) is 13.2. The molecular formula is C24H41NO2Si. The van der Waals surface area contributed by atoms with Crippen molar-refractivity contribution in [1.29, 1.82) is 0 Å². The van der Waals surface area contributed by atoms with Gasteiger partial charge >= 0.3 is 0 Å². The number of allylic oxidation sites excluding steroid dienone is 2. The second kappa shape index (κ2) is 7.26. The van der Waals surface area contributed by atoms with Crippen LogP contribution in [-0.2, 0) is 9.26 Å². The summed E-state index contributed by atoms with van der Waals surface area (Å²) in [4.78, 5) is 5.05. The number of fused-ring (bicyclic) bond motifs is 5. The first kappa shape index (κ1) is 20.7. The second-order valence-electron chi connectivity index (χ2n) is 11.2. The average Bonchev–Trinajstić information content (AvgIpc) is 2.93. The summed E-state index contributed by atoms with van der Waals surface area (Å²) in [6, 6.07) is 0. The van der Waals surface area contributed by atoms with Crippen molar-refractivity contribution in [3.63, 3.8) is 0 Å². The lowest BCUT2D eigenvalue weighted by atomic mass is 9.50. The third-order valence-corrected chi connectivity index (χ3v) is 9.89. The number of hydrogen-bond acceptors (Lipinski definition) is 3. The molecule has 28 heavy (non-hydrogen) atoms. The Kier molecular flexibility index (Phi) is 5.36. The number of nitrogens with zero attached hydrogens (tertiary/aromatic N) is 1. The maximum absolute atomic E-state index is 7.03. The molecule has 3 saturated carbocycles. The van der Waals surface area contributed by atoms with Crippen LogP contribution in [0.3, 0.4) is 0 Å². The summed E-state index contributed by atoms with van der Waals surface area (Å²) in [5, 5.41) is 4.23. The van der Waals surface area contributed by atoms with Crippen LogP contribution in [0.2, 0.25) is 19.6 Å². The van der Waals surface area contributed by atoms with Gasteiger partial charge in [0.25, 0.3) is 0 Å². The Bertz CT molecular complexity index is 666. The molecule has 0 aromatic heterocycles. The van der Waals surface area contributed by atoms with E-state index in [2.05, 4.69) is 44.7 Å². The van der Waals surface area contributed by atoms with Gasteiger partial charge in [0.2, 0.25) is 0 Å². The first-order valence-corrected chi connectivity index (χ1v) is 15.1. The highest BCUT2D eigenvalue weighted by molar-refractivity contribution is 6.69. The Morgan fingerprint density at radius 1 is 1.07 bits per heavy atom. The SMILES string of the molecule is CC[C@]1(O[Si](C)(C)C)CC[C@H]2[C@@H]3CCC4=C/C(=N\OC)CC[C@@H]4[C@H]3CC[C@@]21C. The van der Waals surface area contributed by atoms with Crippen molar-refractivity contribution in [2.45, 2.75) is 96.9 Å². The highest BCUT2D eigenvalue weighted by atomic mass is 28.4. The number of hydrogen-bond donors (Lipinski definition) is 0. The topological polar surface area (TPSA) is 30.8 Å². The molecule has 0 amide bonds. The highest BCUT2D eigenvalue weighted by Crippen LogP contribution is 2.66. The van der Waals surface area contributed by atoms with E-state index in [1.165, 1.54) is 51.4 Å². The molecule has 0 bridgehead atoms. The smallest absolute Gasteiger partial charge is 0.184 e. The van der Waals surface area contributed by atoms with Gasteiger partial charge in [0.05, 0.1) is 11.3 Å². The quantitative estimate of drug-likeness (QED) is 0.393. The highest BCUT2D eigenvalue weighted by Gasteiger charge is 2.63. The van der Waals surface area contributed by atoms with E-state index < -0.39 is 8.32 Å². The Hall–Kier alpha value is -0.613. The predicted octanol–water partition coefficient (Wildman–Crippen LogP) is 6.56. The van der Waals surface area contributed by atoms with Gasteiger partial charge in [-0.05, 0) is 113 Å². The molecule has 0 unspecified atom stereocenters. The molecule has 6 atom stereocenters. The van der Waals surface area contributed by atoms with Crippen molar-refractivity contribution in [2.24, 2.45) is 34.2 Å². The summed E-state index contributed by atoms with van der Waals surface area (Å²) in [6.45, 7) is 12.1. The minimum absolute atomic E-state index is 0.133. The maximum atomic E-state index is 7.03. The zero-order valence-corrected chi connectivity index (χ0v) is 20.0. The molecule has 0 N–H and O–H groups in total. The molecule has 0 heterocycles. The van der Waals surface area contributed by atoms with Crippen molar-refractivity contribution >= 4 is 14.0 Å². The molecule has 3 nitrogen and oxygen atoms in total. The largest absolute Gasteiger partial charge is 0.412 e. The molecule has 158 valence electrons. The zero-order valence-electron chi connectivity index (χ0n) is 19.0. The fourth-order valence-electron chi connectivity index (χ4n) is 7.88. The standard InChI is InChI=1S/C24H41NO2Si/c1-7-24(27-28(4,5)6)15-13-22-21-10-8-17-16-18(25-26-3)9-11-19(17)20(21)12-14-23(22,24)2/h16,19-22H,7-15H2,1-6H3/b25-18-/t19-,20+,21+,22-,23-,24-/m0/s1. The Morgan fingerprint density at radius 2 is 1.86 bits per heavy atom. The summed E-state index contributed by atoms with van der Waals surface area (Å²) < 4.78 is 7.03. The monoisotopic (exact) mass is 403 g/mol. The van der Waals surface area contributed by atoms with Gasteiger partial charge in [0.1, 0.15) is 7.11 Å². The molecule has 0 aromatic carbocycles. The van der Waals surface area contributed by atoms with E-state index in [9.17, 15) is 0 Å². The molecule has 4 aliphatic rings. The van der Waals surface area contributed by atoms with E-state index >= 15 is 0 Å². The lowest BCUT2D eigenvalue weighted by Gasteiger charge is -2.57. The third-order valence-electron chi connectivity index (χ3n) is 8.89. The van der Waals surface area contributed by atoms with Crippen LogP contribution in [0, 0.1) is 29.1 Å². The second-order valence-corrected chi connectivity index (χ2v) is 15.6. The van der Waals surface area contributed by atoms with Crippen molar-refractivity contribution in [3.8, 4) is 0 Å². The van der Waals surface area contributed by atoms with Crippen LogP contribution in [0.15, 0.2) is 16.8 Å². The fourth-order valence-corrected chi connectivity index (χ4v) is 9.53. The molecule has 4 aliphatic carbocycles. The van der Waals surface area contributed by atoms with E-state index in [0.717, 1.165) is 35.8 Å². The lowest BCUT2D eigenvalue weighted by molar-refractivity contribution is -0.108. The van der Waals surface area contributed by atoms with Crippen LogP contribution in [0.5, 0.6) is 0 Å². The van der Waals surface area contributed by atoms with E-state index in [1.54, 1.807) is 12.7 Å². The van der Waals surface area contributed by atoms with Gasteiger partial charge < -0.3 is 9.26 Å². The van der Waals surface area contributed by atoms with E-state index in [-0.39, 0.29) is 5.60 Å². The van der Waals surface area contributed by atoms with Gasteiger partial charge in [-0.15, -0.1) is 0 Å². The van der Waals surface area contributed by atoms with Gasteiger partial charge in [0, 0.05) is 0 Å². The Labute approximate surface area is 173 Å². The van der Waals surface area contributed by atoms with Crippen molar-refractivity contribution in [1.82, 2.24) is 0 Å². The molecule has 0 aliphatic heterocycles. The van der Waals surface area contributed by atoms with Crippen LogP contribution in [0.4, 0.5) is 0 Å². The summed E-state index contributed by atoms with van der Waals surface area (Å²) in [5.41, 5.74) is 3.34. The molecule has 0 spiro atoms. The third kappa shape index (κ3) is 3.23. The van der Waals surface area contributed by atoms with Gasteiger partial charge in [-0.3, -0.25) is 0 Å². The van der Waals surface area contributed by atoms with E-state index in [4.69, 9.17) is 9.26 Å². The zero-order chi connectivity index (χ0) is 20.2. The molecular weight excluding hydrogens is 362 g/mol.